The fourth-order valence-corrected chi connectivity index (χ4v) is 2.92. The first kappa shape index (κ1) is 13.6. The third-order valence-corrected chi connectivity index (χ3v) is 4.15. The second-order valence-electron chi connectivity index (χ2n) is 5.50. The maximum Gasteiger partial charge on any atom is 0.243 e. The second-order valence-corrected chi connectivity index (χ2v) is 5.50. The molecule has 108 valence electrons. The zero-order chi connectivity index (χ0) is 14.9. The number of benzene rings is 2. The van der Waals surface area contributed by atoms with Gasteiger partial charge in [0.15, 0.2) is 0 Å². The Balaban J connectivity index is 1.93. The number of rotatable bonds is 4. The summed E-state index contributed by atoms with van der Waals surface area (Å²) in [7, 11) is 0. The molecule has 0 aliphatic carbocycles. The molecule has 4 heteroatoms. The van der Waals surface area contributed by atoms with Crippen molar-refractivity contribution in [2.75, 3.05) is 18.0 Å². The monoisotopic (exact) mass is 281 g/mol. The highest BCUT2D eigenvalue weighted by Gasteiger charge is 2.37. The lowest BCUT2D eigenvalue weighted by atomic mass is 9.89. The van der Waals surface area contributed by atoms with Crippen molar-refractivity contribution in [1.29, 1.82) is 0 Å². The molecular weight excluding hydrogens is 262 g/mol. The number of carbonyl (C=O) groups is 1. The van der Waals surface area contributed by atoms with E-state index >= 15 is 0 Å². The van der Waals surface area contributed by atoms with Gasteiger partial charge < -0.3 is 16.4 Å². The summed E-state index contributed by atoms with van der Waals surface area (Å²) < 4.78 is 0. The molecule has 0 spiro atoms. The number of fused-ring (bicyclic) bond motifs is 1. The van der Waals surface area contributed by atoms with Gasteiger partial charge in [0, 0.05) is 18.8 Å². The van der Waals surface area contributed by atoms with E-state index in [0.29, 0.717) is 6.54 Å². The Morgan fingerprint density at radius 1 is 1.10 bits per heavy atom. The van der Waals surface area contributed by atoms with Crippen LogP contribution in [-0.2, 0) is 16.8 Å². The van der Waals surface area contributed by atoms with Crippen molar-refractivity contribution < 1.29 is 4.79 Å². The van der Waals surface area contributed by atoms with E-state index in [4.69, 9.17) is 11.5 Å². The Bertz CT molecular complexity index is 656. The van der Waals surface area contributed by atoms with Crippen LogP contribution in [0.2, 0.25) is 0 Å². The van der Waals surface area contributed by atoms with Crippen molar-refractivity contribution in [3.8, 4) is 0 Å². The van der Waals surface area contributed by atoms with Crippen LogP contribution in [0.25, 0.3) is 0 Å². The predicted molar refractivity (Wildman–Crippen MR) is 83.9 cm³/mol. The van der Waals surface area contributed by atoms with Crippen molar-refractivity contribution in [3.05, 3.63) is 65.7 Å². The van der Waals surface area contributed by atoms with Crippen LogP contribution < -0.4 is 16.4 Å². The number of primary amides is 1. The first-order chi connectivity index (χ1) is 10.1. The van der Waals surface area contributed by atoms with Crippen LogP contribution in [-0.4, -0.2) is 19.0 Å². The van der Waals surface area contributed by atoms with Crippen LogP contribution in [0.4, 0.5) is 5.69 Å². The average Bonchev–Trinajstić information content (AvgIpc) is 2.91. The maximum atomic E-state index is 12.0. The molecule has 3 rings (SSSR count). The quantitative estimate of drug-likeness (QED) is 0.889. The Morgan fingerprint density at radius 2 is 1.76 bits per heavy atom. The van der Waals surface area contributed by atoms with Crippen molar-refractivity contribution in [2.45, 2.75) is 12.0 Å². The van der Waals surface area contributed by atoms with Gasteiger partial charge in [-0.2, -0.15) is 0 Å². The molecule has 2 aromatic carbocycles. The van der Waals surface area contributed by atoms with Crippen molar-refractivity contribution in [2.24, 2.45) is 11.5 Å². The van der Waals surface area contributed by atoms with Gasteiger partial charge in [0.2, 0.25) is 5.91 Å². The van der Waals surface area contributed by atoms with Crippen LogP contribution >= 0.6 is 0 Å². The van der Waals surface area contributed by atoms with Gasteiger partial charge in [-0.3, -0.25) is 4.79 Å². The van der Waals surface area contributed by atoms with Crippen LogP contribution in [0.3, 0.4) is 0 Å². The molecule has 0 saturated carbocycles. The van der Waals surface area contributed by atoms with Gasteiger partial charge in [0.25, 0.3) is 0 Å². The normalized spacial score (nSPS) is 16.3. The molecule has 1 aliphatic heterocycles. The van der Waals surface area contributed by atoms with Crippen LogP contribution in [0, 0.1) is 0 Å². The minimum atomic E-state index is -1.18. The molecule has 0 saturated heterocycles. The summed E-state index contributed by atoms with van der Waals surface area (Å²) >= 11 is 0. The Morgan fingerprint density at radius 3 is 2.48 bits per heavy atom. The van der Waals surface area contributed by atoms with E-state index in [0.717, 1.165) is 24.2 Å². The molecule has 1 amide bonds. The molecule has 0 bridgehead atoms. The van der Waals surface area contributed by atoms with Gasteiger partial charge in [-0.25, -0.2) is 0 Å². The lowest BCUT2D eigenvalue weighted by Crippen LogP contribution is -2.56. The Kier molecular flexibility index (Phi) is 3.39. The molecule has 2 aromatic rings. The minimum absolute atomic E-state index is 0.392. The summed E-state index contributed by atoms with van der Waals surface area (Å²) in [6, 6.07) is 17.6. The molecule has 21 heavy (non-hydrogen) atoms. The summed E-state index contributed by atoms with van der Waals surface area (Å²) in [6.07, 6.45) is 0.972. The molecule has 1 unspecified atom stereocenters. The number of hydrogen-bond acceptors (Lipinski definition) is 3. The number of nitrogens with zero attached hydrogens (tertiary/aromatic N) is 1. The van der Waals surface area contributed by atoms with Gasteiger partial charge >= 0.3 is 0 Å². The van der Waals surface area contributed by atoms with Crippen molar-refractivity contribution in [1.82, 2.24) is 0 Å². The van der Waals surface area contributed by atoms with E-state index in [1.807, 2.05) is 42.5 Å². The van der Waals surface area contributed by atoms with Gasteiger partial charge in [-0.05, 0) is 23.6 Å². The van der Waals surface area contributed by atoms with Crippen molar-refractivity contribution in [3.63, 3.8) is 0 Å². The topological polar surface area (TPSA) is 72.3 Å². The molecule has 4 N–H and O–H groups in total. The van der Waals surface area contributed by atoms with Crippen LogP contribution in [0.15, 0.2) is 54.6 Å². The summed E-state index contributed by atoms with van der Waals surface area (Å²) in [5.74, 6) is -0.502. The van der Waals surface area contributed by atoms with E-state index in [9.17, 15) is 4.79 Å². The number of hydrogen-bond donors (Lipinski definition) is 2. The SMILES string of the molecule is NC(=O)C(N)(CN1CCc2ccccc21)c1ccccc1. The number of nitrogens with two attached hydrogens (primary N) is 2. The molecule has 1 atom stereocenters. The zero-order valence-corrected chi connectivity index (χ0v) is 11.8. The highest BCUT2D eigenvalue weighted by molar-refractivity contribution is 5.87. The molecule has 4 nitrogen and oxygen atoms in total. The number of para-hydroxylation sites is 1. The second kappa shape index (κ2) is 5.22. The summed E-state index contributed by atoms with van der Waals surface area (Å²) in [5, 5.41) is 0. The van der Waals surface area contributed by atoms with Crippen LogP contribution in [0.1, 0.15) is 11.1 Å². The number of carbonyl (C=O) groups excluding carboxylic acids is 1. The average molecular weight is 281 g/mol. The lowest BCUT2D eigenvalue weighted by Gasteiger charge is -2.32. The first-order valence-corrected chi connectivity index (χ1v) is 7.08. The molecule has 0 fully saturated rings. The fraction of sp³-hybridized carbons (Fsp3) is 0.235. The standard InChI is InChI=1S/C17H19N3O/c18-16(21)17(19,14-7-2-1-3-8-14)12-20-11-10-13-6-4-5-9-15(13)20/h1-9H,10-12,19H2,(H2,18,21). The smallest absolute Gasteiger partial charge is 0.243 e. The van der Waals surface area contributed by atoms with E-state index in [2.05, 4.69) is 17.0 Å². The maximum absolute atomic E-state index is 12.0. The fourth-order valence-electron chi connectivity index (χ4n) is 2.92. The molecule has 1 heterocycles. The number of amides is 1. The lowest BCUT2D eigenvalue weighted by molar-refractivity contribution is -0.123. The van der Waals surface area contributed by atoms with E-state index in [-0.39, 0.29) is 0 Å². The minimum Gasteiger partial charge on any atom is -0.368 e. The van der Waals surface area contributed by atoms with Gasteiger partial charge in [-0.1, -0.05) is 48.5 Å². The van der Waals surface area contributed by atoms with Gasteiger partial charge in [-0.15, -0.1) is 0 Å². The van der Waals surface area contributed by atoms with E-state index in [1.54, 1.807) is 0 Å². The molecule has 0 radical (unpaired) electrons. The third kappa shape index (κ3) is 2.38. The highest BCUT2D eigenvalue weighted by Crippen LogP contribution is 2.30. The Hall–Kier alpha value is -2.33. The zero-order valence-electron chi connectivity index (χ0n) is 11.8. The molecule has 1 aliphatic rings. The summed E-state index contributed by atoms with van der Waals surface area (Å²) in [5.41, 5.74) is 14.0. The number of anilines is 1. The van der Waals surface area contributed by atoms with Gasteiger partial charge in [0.1, 0.15) is 5.54 Å². The van der Waals surface area contributed by atoms with E-state index in [1.165, 1.54) is 5.56 Å². The predicted octanol–water partition coefficient (Wildman–Crippen LogP) is 1.39. The van der Waals surface area contributed by atoms with Gasteiger partial charge in [0.05, 0.1) is 0 Å². The van der Waals surface area contributed by atoms with E-state index < -0.39 is 11.4 Å². The molecular formula is C17H19N3O. The Labute approximate surface area is 124 Å². The highest BCUT2D eigenvalue weighted by atomic mass is 16.1. The van der Waals surface area contributed by atoms with Crippen LogP contribution in [0.5, 0.6) is 0 Å². The largest absolute Gasteiger partial charge is 0.368 e. The first-order valence-electron chi connectivity index (χ1n) is 7.08. The van der Waals surface area contributed by atoms with Crippen molar-refractivity contribution >= 4 is 11.6 Å². The summed E-state index contributed by atoms with van der Waals surface area (Å²) in [4.78, 5) is 14.1. The molecule has 0 aromatic heterocycles. The third-order valence-electron chi connectivity index (χ3n) is 4.15. The summed E-state index contributed by atoms with van der Waals surface area (Å²) in [6.45, 7) is 1.25.